The highest BCUT2D eigenvalue weighted by molar-refractivity contribution is 5.90. The number of carbonyl (C=O) groups is 1. The van der Waals surface area contributed by atoms with Crippen molar-refractivity contribution in [2.45, 2.75) is 25.8 Å². The Labute approximate surface area is 110 Å². The van der Waals surface area contributed by atoms with E-state index in [4.69, 9.17) is 5.73 Å². The van der Waals surface area contributed by atoms with Crippen molar-refractivity contribution in [3.8, 4) is 0 Å². The molecule has 0 saturated carbocycles. The number of carbonyl (C=O) groups excluding carboxylic acids is 1. The fraction of sp³-hybridized carbons (Fsp3) is 0.462. The van der Waals surface area contributed by atoms with Gasteiger partial charge in [-0.1, -0.05) is 12.1 Å². The maximum Gasteiger partial charge on any atom is 0.261 e. The predicted molar refractivity (Wildman–Crippen MR) is 69.1 cm³/mol. The van der Waals surface area contributed by atoms with E-state index < -0.39 is 13.0 Å². The molecule has 1 aromatic rings. The van der Waals surface area contributed by atoms with E-state index in [0.717, 1.165) is 5.56 Å². The Morgan fingerprint density at radius 3 is 2.53 bits per heavy atom. The van der Waals surface area contributed by atoms with Crippen LogP contribution in [0.3, 0.4) is 0 Å². The third-order valence-electron chi connectivity index (χ3n) is 2.44. The number of benzene rings is 1. The molecule has 0 aliphatic carbocycles. The summed E-state index contributed by atoms with van der Waals surface area (Å²) < 4.78 is 28.2. The molecule has 1 amide bonds. The van der Waals surface area contributed by atoms with E-state index in [9.17, 15) is 13.6 Å². The van der Waals surface area contributed by atoms with E-state index in [0.29, 0.717) is 5.69 Å². The van der Waals surface area contributed by atoms with Crippen LogP contribution in [0.4, 0.5) is 14.5 Å². The van der Waals surface area contributed by atoms with Crippen molar-refractivity contribution < 1.29 is 18.3 Å². The standard InChI is InChI=1S/C13H18F2N2O2/c1-9(16)10-2-4-11(5-3-10)17-13(18)6-7-19-8-12(14)15/h2-5,9,12H,6-8,16H2,1H3,(H,17,18). The van der Waals surface area contributed by atoms with Gasteiger partial charge in [0.1, 0.15) is 6.61 Å². The summed E-state index contributed by atoms with van der Waals surface area (Å²) >= 11 is 0. The molecule has 6 heteroatoms. The van der Waals surface area contributed by atoms with E-state index in [-0.39, 0.29) is 25.0 Å². The van der Waals surface area contributed by atoms with Gasteiger partial charge in [-0.3, -0.25) is 4.79 Å². The molecule has 0 aromatic heterocycles. The highest BCUT2D eigenvalue weighted by Crippen LogP contribution is 2.14. The lowest BCUT2D eigenvalue weighted by Crippen LogP contribution is -2.15. The van der Waals surface area contributed by atoms with E-state index >= 15 is 0 Å². The molecule has 0 radical (unpaired) electrons. The summed E-state index contributed by atoms with van der Waals surface area (Å²) in [4.78, 5) is 11.5. The first kappa shape index (κ1) is 15.5. The van der Waals surface area contributed by atoms with Crippen LogP contribution in [0.25, 0.3) is 0 Å². The Bertz CT molecular complexity index is 394. The zero-order valence-electron chi connectivity index (χ0n) is 10.7. The minimum absolute atomic E-state index is 0.0198. The molecule has 0 heterocycles. The van der Waals surface area contributed by atoms with Gasteiger partial charge in [-0.2, -0.15) is 0 Å². The van der Waals surface area contributed by atoms with Gasteiger partial charge in [-0.25, -0.2) is 8.78 Å². The van der Waals surface area contributed by atoms with Crippen LogP contribution >= 0.6 is 0 Å². The van der Waals surface area contributed by atoms with Gasteiger partial charge in [-0.05, 0) is 24.6 Å². The summed E-state index contributed by atoms with van der Waals surface area (Å²) in [6.07, 6.45) is -2.46. The summed E-state index contributed by atoms with van der Waals surface area (Å²) in [5.74, 6) is -0.275. The molecule has 0 fully saturated rings. The minimum atomic E-state index is -2.51. The van der Waals surface area contributed by atoms with Gasteiger partial charge in [0.25, 0.3) is 6.43 Å². The highest BCUT2D eigenvalue weighted by atomic mass is 19.3. The third kappa shape index (κ3) is 6.26. The number of alkyl halides is 2. The van der Waals surface area contributed by atoms with Gasteiger partial charge in [0, 0.05) is 11.7 Å². The lowest BCUT2D eigenvalue weighted by molar-refractivity contribution is -0.117. The van der Waals surface area contributed by atoms with Crippen molar-refractivity contribution in [2.75, 3.05) is 18.5 Å². The number of rotatable bonds is 7. The van der Waals surface area contributed by atoms with Crippen molar-refractivity contribution in [3.05, 3.63) is 29.8 Å². The highest BCUT2D eigenvalue weighted by Gasteiger charge is 2.06. The molecule has 0 saturated heterocycles. The number of ether oxygens (including phenoxy) is 1. The number of amides is 1. The summed E-state index contributed by atoms with van der Waals surface area (Å²) in [7, 11) is 0. The van der Waals surface area contributed by atoms with E-state index in [1.807, 2.05) is 19.1 Å². The maximum atomic E-state index is 11.8. The summed E-state index contributed by atoms with van der Waals surface area (Å²) in [6, 6.07) is 7.08. The quantitative estimate of drug-likeness (QED) is 0.749. The molecular weight excluding hydrogens is 254 g/mol. The van der Waals surface area contributed by atoms with Crippen LogP contribution in [-0.4, -0.2) is 25.5 Å². The third-order valence-corrected chi connectivity index (χ3v) is 2.44. The van der Waals surface area contributed by atoms with Crippen LogP contribution in [0, 0.1) is 0 Å². The lowest BCUT2D eigenvalue weighted by atomic mass is 10.1. The SMILES string of the molecule is CC(N)c1ccc(NC(=O)CCOCC(F)F)cc1. The molecule has 19 heavy (non-hydrogen) atoms. The number of hydrogen-bond acceptors (Lipinski definition) is 3. The second kappa shape index (κ2) is 7.81. The molecule has 1 rings (SSSR count). The number of nitrogens with two attached hydrogens (primary N) is 1. The largest absolute Gasteiger partial charge is 0.375 e. The zero-order valence-corrected chi connectivity index (χ0v) is 10.7. The number of anilines is 1. The Morgan fingerprint density at radius 2 is 2.00 bits per heavy atom. The molecule has 0 bridgehead atoms. The molecular formula is C13H18F2N2O2. The molecule has 106 valence electrons. The predicted octanol–water partition coefficient (Wildman–Crippen LogP) is 2.32. The molecule has 0 aliphatic heterocycles. The summed E-state index contributed by atoms with van der Waals surface area (Å²) in [5.41, 5.74) is 7.32. The van der Waals surface area contributed by atoms with Gasteiger partial charge >= 0.3 is 0 Å². The Hall–Kier alpha value is -1.53. The fourth-order valence-corrected chi connectivity index (χ4v) is 1.43. The number of hydrogen-bond donors (Lipinski definition) is 2. The first-order valence-electron chi connectivity index (χ1n) is 6.00. The van der Waals surface area contributed by atoms with Crippen LogP contribution in [0.15, 0.2) is 24.3 Å². The smallest absolute Gasteiger partial charge is 0.261 e. The minimum Gasteiger partial charge on any atom is -0.375 e. The van der Waals surface area contributed by atoms with E-state index in [2.05, 4.69) is 10.1 Å². The van der Waals surface area contributed by atoms with Gasteiger partial charge in [0.05, 0.1) is 13.0 Å². The molecule has 0 spiro atoms. The van der Waals surface area contributed by atoms with Crippen molar-refractivity contribution in [3.63, 3.8) is 0 Å². The molecule has 0 aliphatic rings. The van der Waals surface area contributed by atoms with Gasteiger partial charge in [-0.15, -0.1) is 0 Å². The average molecular weight is 272 g/mol. The molecule has 1 unspecified atom stereocenters. The molecule has 1 aromatic carbocycles. The molecule has 1 atom stereocenters. The Balaban J connectivity index is 2.32. The Morgan fingerprint density at radius 1 is 1.37 bits per heavy atom. The average Bonchev–Trinajstić information content (AvgIpc) is 2.35. The van der Waals surface area contributed by atoms with Crippen molar-refractivity contribution in [1.82, 2.24) is 0 Å². The zero-order chi connectivity index (χ0) is 14.3. The van der Waals surface area contributed by atoms with Gasteiger partial charge in [0.2, 0.25) is 5.91 Å². The monoisotopic (exact) mass is 272 g/mol. The Kier molecular flexibility index (Phi) is 6.38. The van der Waals surface area contributed by atoms with E-state index in [1.165, 1.54) is 0 Å². The second-order valence-electron chi connectivity index (χ2n) is 4.17. The van der Waals surface area contributed by atoms with Crippen LogP contribution in [-0.2, 0) is 9.53 Å². The molecule has 4 nitrogen and oxygen atoms in total. The van der Waals surface area contributed by atoms with Crippen LogP contribution in [0.1, 0.15) is 24.9 Å². The van der Waals surface area contributed by atoms with Crippen LogP contribution in [0.5, 0.6) is 0 Å². The van der Waals surface area contributed by atoms with Crippen molar-refractivity contribution >= 4 is 11.6 Å². The first-order chi connectivity index (χ1) is 8.99. The normalized spacial score (nSPS) is 12.5. The first-order valence-corrected chi connectivity index (χ1v) is 6.00. The number of halogens is 2. The van der Waals surface area contributed by atoms with Crippen molar-refractivity contribution in [1.29, 1.82) is 0 Å². The van der Waals surface area contributed by atoms with E-state index in [1.54, 1.807) is 12.1 Å². The van der Waals surface area contributed by atoms with Gasteiger partial charge in [0.15, 0.2) is 0 Å². The van der Waals surface area contributed by atoms with Crippen LogP contribution < -0.4 is 11.1 Å². The molecule has 3 N–H and O–H groups in total. The van der Waals surface area contributed by atoms with Crippen molar-refractivity contribution in [2.24, 2.45) is 5.73 Å². The fourth-order valence-electron chi connectivity index (χ4n) is 1.43. The summed E-state index contributed by atoms with van der Waals surface area (Å²) in [6.45, 7) is 1.21. The maximum absolute atomic E-state index is 11.8. The second-order valence-corrected chi connectivity index (χ2v) is 4.17. The number of nitrogens with one attached hydrogen (secondary N) is 1. The lowest BCUT2D eigenvalue weighted by Gasteiger charge is -2.08. The topological polar surface area (TPSA) is 64.3 Å². The van der Waals surface area contributed by atoms with Gasteiger partial charge < -0.3 is 15.8 Å². The summed E-state index contributed by atoms with van der Waals surface area (Å²) in [5, 5.41) is 2.65. The van der Waals surface area contributed by atoms with Crippen LogP contribution in [0.2, 0.25) is 0 Å².